The smallest absolute Gasteiger partial charge is 0.273 e. The van der Waals surface area contributed by atoms with Crippen LogP contribution < -0.4 is 0 Å². The second-order valence-electron chi connectivity index (χ2n) is 5.71. The third kappa shape index (κ3) is 3.68. The first-order chi connectivity index (χ1) is 13.3. The molecule has 3 nitrogen and oxygen atoms in total. The number of halogens is 16. The van der Waals surface area contributed by atoms with Crippen LogP contribution in [0.15, 0.2) is 6.07 Å². The van der Waals surface area contributed by atoms with E-state index in [-0.39, 0.29) is 6.92 Å². The predicted molar refractivity (Wildman–Crippen MR) is 63.3 cm³/mol. The molecule has 0 unspecified atom stereocenters. The first-order valence-corrected chi connectivity index (χ1v) is 6.93. The molecule has 1 aromatic heterocycles. The summed E-state index contributed by atoms with van der Waals surface area (Å²) in [5.74, 6) is -41.2. The Hall–Kier alpha value is -2.24. The van der Waals surface area contributed by atoms with Gasteiger partial charge in [0, 0.05) is 6.92 Å². The van der Waals surface area contributed by atoms with Crippen molar-refractivity contribution in [1.29, 1.82) is 0 Å². The molecule has 1 aromatic rings. The van der Waals surface area contributed by atoms with Crippen LogP contribution in [0.3, 0.4) is 0 Å². The lowest BCUT2D eigenvalue weighted by molar-refractivity contribution is -0.442. The lowest BCUT2D eigenvalue weighted by atomic mass is 9.92. The van der Waals surface area contributed by atoms with Crippen LogP contribution >= 0.6 is 0 Å². The van der Waals surface area contributed by atoms with Crippen molar-refractivity contribution >= 4 is 5.91 Å². The summed E-state index contributed by atoms with van der Waals surface area (Å²) in [6.07, 6.45) is -13.5. The maximum atomic E-state index is 13.8. The highest BCUT2D eigenvalue weighted by Crippen LogP contribution is 2.62. The van der Waals surface area contributed by atoms with Crippen LogP contribution in [0.2, 0.25) is 0 Å². The van der Waals surface area contributed by atoms with Gasteiger partial charge in [0.25, 0.3) is 0 Å². The zero-order valence-electron chi connectivity index (χ0n) is 13.9. The summed E-state index contributed by atoms with van der Waals surface area (Å²) in [6.45, 7) is 0.176. The molecule has 0 saturated carbocycles. The Morgan fingerprint density at radius 1 is 0.710 bits per heavy atom. The normalized spacial score (nSPS) is 15.4. The number of aromatic nitrogens is 2. The fourth-order valence-electron chi connectivity index (χ4n) is 1.91. The Morgan fingerprint density at radius 2 is 1.10 bits per heavy atom. The van der Waals surface area contributed by atoms with E-state index in [0.717, 1.165) is 0 Å². The molecule has 0 amide bonds. The van der Waals surface area contributed by atoms with Crippen molar-refractivity contribution in [3.8, 4) is 0 Å². The molecule has 0 radical (unpaired) electrons. The maximum Gasteiger partial charge on any atom is 0.460 e. The van der Waals surface area contributed by atoms with E-state index in [1.807, 2.05) is 5.10 Å². The molecular formula is C12H4F16N2O. The molecule has 0 spiro atoms. The monoisotopic (exact) mass is 496 g/mol. The van der Waals surface area contributed by atoms with E-state index in [1.54, 1.807) is 0 Å². The standard InChI is InChI=1S/C12H4F16N2O/c1-3(31)30-5(7(15,16)17)2-4(29-30)6(13,14)8(18,19)9(20,21)10(22,23)11(24,25)12(26,27)28/h2H,1H3. The zero-order chi connectivity index (χ0) is 25.2. The van der Waals surface area contributed by atoms with E-state index >= 15 is 0 Å². The molecule has 0 bridgehead atoms. The largest absolute Gasteiger partial charge is 0.460 e. The molecule has 1 rings (SSSR count). The third-order valence-electron chi connectivity index (χ3n) is 3.55. The van der Waals surface area contributed by atoms with Gasteiger partial charge in [0.05, 0.1) is 0 Å². The number of hydrogen-bond acceptors (Lipinski definition) is 2. The fraction of sp³-hybridized carbons (Fsp3) is 0.667. The van der Waals surface area contributed by atoms with E-state index < -0.39 is 70.0 Å². The highest BCUT2D eigenvalue weighted by molar-refractivity contribution is 5.76. The van der Waals surface area contributed by atoms with E-state index in [9.17, 15) is 75.0 Å². The van der Waals surface area contributed by atoms with E-state index in [1.165, 1.54) is 0 Å². The quantitative estimate of drug-likeness (QED) is 0.487. The van der Waals surface area contributed by atoms with Gasteiger partial charge in [-0.15, -0.1) is 0 Å². The molecule has 0 saturated heterocycles. The Balaban J connectivity index is 3.74. The van der Waals surface area contributed by atoms with Gasteiger partial charge in [-0.05, 0) is 6.07 Å². The molecule has 180 valence electrons. The van der Waals surface area contributed by atoms with Gasteiger partial charge in [-0.25, -0.2) is 0 Å². The van der Waals surface area contributed by atoms with Crippen LogP contribution in [-0.2, 0) is 12.1 Å². The zero-order valence-corrected chi connectivity index (χ0v) is 13.9. The van der Waals surface area contributed by atoms with Crippen LogP contribution in [0.1, 0.15) is 23.1 Å². The minimum atomic E-state index is -8.22. The summed E-state index contributed by atoms with van der Waals surface area (Å²) in [5, 5.41) is 1.95. The molecule has 0 N–H and O–H groups in total. The third-order valence-corrected chi connectivity index (χ3v) is 3.55. The number of nitrogens with zero attached hydrogens (tertiary/aromatic N) is 2. The van der Waals surface area contributed by atoms with Crippen LogP contribution in [-0.4, -0.2) is 45.6 Å². The summed E-state index contributed by atoms with van der Waals surface area (Å²) in [5.41, 5.74) is -5.74. The van der Waals surface area contributed by atoms with Crippen molar-refractivity contribution in [3.63, 3.8) is 0 Å². The highest BCUT2D eigenvalue weighted by Gasteiger charge is 2.91. The van der Waals surface area contributed by atoms with E-state index in [2.05, 4.69) is 0 Å². The van der Waals surface area contributed by atoms with Crippen molar-refractivity contribution in [2.45, 2.75) is 48.9 Å². The molecule has 0 aromatic carbocycles. The van der Waals surface area contributed by atoms with E-state index in [0.29, 0.717) is 0 Å². The topological polar surface area (TPSA) is 34.9 Å². The molecule has 19 heteroatoms. The molecule has 31 heavy (non-hydrogen) atoms. The molecule has 0 aliphatic rings. The minimum Gasteiger partial charge on any atom is -0.273 e. The van der Waals surface area contributed by atoms with Crippen molar-refractivity contribution in [2.24, 2.45) is 0 Å². The number of hydrogen-bond donors (Lipinski definition) is 0. The lowest BCUT2D eigenvalue weighted by Gasteiger charge is -2.39. The molecule has 0 fully saturated rings. The molecule has 0 aliphatic heterocycles. The molecule has 1 heterocycles. The van der Waals surface area contributed by atoms with Gasteiger partial charge >= 0.3 is 42.0 Å². The Kier molecular flexibility index (Phi) is 5.95. The average Bonchev–Trinajstić information content (AvgIpc) is 2.99. The van der Waals surface area contributed by atoms with Gasteiger partial charge in [0.15, 0.2) is 5.69 Å². The second-order valence-corrected chi connectivity index (χ2v) is 5.71. The number of carbonyl (C=O) groups excluding carboxylic acids is 1. The number of rotatable bonds is 5. The lowest BCUT2D eigenvalue weighted by Crippen LogP contribution is -2.69. The second kappa shape index (κ2) is 6.88. The molecular weight excluding hydrogens is 492 g/mol. The summed E-state index contributed by atoms with van der Waals surface area (Å²) in [7, 11) is 0. The molecule has 0 aliphatic carbocycles. The van der Waals surface area contributed by atoms with Crippen LogP contribution in [0.5, 0.6) is 0 Å². The number of carbonyl (C=O) groups is 1. The highest BCUT2D eigenvalue weighted by atomic mass is 19.4. The van der Waals surface area contributed by atoms with Gasteiger partial charge in [0.2, 0.25) is 5.91 Å². The summed E-state index contributed by atoms with van der Waals surface area (Å²) in [4.78, 5) is 11.0. The van der Waals surface area contributed by atoms with Crippen molar-refractivity contribution in [2.75, 3.05) is 0 Å². The predicted octanol–water partition coefficient (Wildman–Crippen LogP) is 5.76. The van der Waals surface area contributed by atoms with Crippen LogP contribution in [0, 0.1) is 0 Å². The van der Waals surface area contributed by atoms with Gasteiger partial charge < -0.3 is 0 Å². The van der Waals surface area contributed by atoms with Gasteiger partial charge in [-0.1, -0.05) is 0 Å². The summed E-state index contributed by atoms with van der Waals surface area (Å²) in [6, 6.07) is -1.18. The Morgan fingerprint density at radius 3 is 1.39 bits per heavy atom. The average molecular weight is 496 g/mol. The van der Waals surface area contributed by atoms with Crippen molar-refractivity contribution in [3.05, 3.63) is 17.5 Å². The first-order valence-electron chi connectivity index (χ1n) is 6.93. The van der Waals surface area contributed by atoms with Crippen LogP contribution in [0.25, 0.3) is 0 Å². The minimum absolute atomic E-state index is 0.176. The summed E-state index contributed by atoms with van der Waals surface area (Å²) >= 11 is 0. The number of alkyl halides is 16. The van der Waals surface area contributed by atoms with Crippen LogP contribution in [0.4, 0.5) is 70.2 Å². The van der Waals surface area contributed by atoms with Gasteiger partial charge in [-0.2, -0.15) is 80.0 Å². The van der Waals surface area contributed by atoms with Crippen molar-refractivity contribution in [1.82, 2.24) is 9.78 Å². The van der Waals surface area contributed by atoms with Gasteiger partial charge in [0.1, 0.15) is 5.69 Å². The Labute approximate surface area is 158 Å². The Bertz CT molecular complexity index is 846. The van der Waals surface area contributed by atoms with E-state index in [4.69, 9.17) is 0 Å². The first kappa shape index (κ1) is 26.8. The van der Waals surface area contributed by atoms with Gasteiger partial charge in [-0.3, -0.25) is 4.79 Å². The molecule has 0 atom stereocenters. The SMILES string of the molecule is CC(=O)n1nc(C(F)(F)C(F)(F)C(F)(F)C(F)(F)C(F)(F)C(F)(F)F)cc1C(F)(F)F. The fourth-order valence-corrected chi connectivity index (χ4v) is 1.91. The maximum absolute atomic E-state index is 13.8. The van der Waals surface area contributed by atoms with Crippen molar-refractivity contribution < 1.29 is 75.0 Å². The summed E-state index contributed by atoms with van der Waals surface area (Å²) < 4.78 is 206.